The van der Waals surface area contributed by atoms with Crippen LogP contribution in [0.2, 0.25) is 0 Å². The van der Waals surface area contributed by atoms with Crippen molar-refractivity contribution in [2.24, 2.45) is 0 Å². The van der Waals surface area contributed by atoms with Gasteiger partial charge in [-0.15, -0.1) is 0 Å². The van der Waals surface area contributed by atoms with Crippen molar-refractivity contribution >= 4 is 0 Å². The molecule has 3 nitrogen and oxygen atoms in total. The van der Waals surface area contributed by atoms with Crippen LogP contribution in [0.5, 0.6) is 0 Å². The molecular weight excluding hydrogens is 171 g/mol. The molecule has 0 aliphatic rings. The lowest BCUT2D eigenvalue weighted by atomic mass is 10.2. The molecule has 0 saturated heterocycles. The van der Waals surface area contributed by atoms with E-state index in [1.165, 1.54) is 13.4 Å². The first-order chi connectivity index (χ1) is 5.55. The number of halogens is 3. The van der Waals surface area contributed by atoms with Crippen molar-refractivity contribution in [3.05, 3.63) is 18.2 Å². The molecule has 68 valence electrons. The maximum Gasteiger partial charge on any atom is 0.409 e. The van der Waals surface area contributed by atoms with Gasteiger partial charge in [0.1, 0.15) is 6.04 Å². The van der Waals surface area contributed by atoms with Gasteiger partial charge >= 0.3 is 6.18 Å². The number of alkyl halides is 3. The van der Waals surface area contributed by atoms with E-state index in [-0.39, 0.29) is 5.69 Å². The Labute approximate surface area is 67.0 Å². The molecule has 1 aromatic rings. The maximum atomic E-state index is 12.2. The second-order valence-corrected chi connectivity index (χ2v) is 2.27. The fraction of sp³-hybridized carbons (Fsp3) is 0.500. The van der Waals surface area contributed by atoms with Crippen LogP contribution in [0.3, 0.4) is 0 Å². The van der Waals surface area contributed by atoms with Crippen LogP contribution in [-0.4, -0.2) is 23.2 Å². The highest BCUT2D eigenvalue weighted by Gasteiger charge is 2.40. The molecule has 1 aromatic heterocycles. The third-order valence-electron chi connectivity index (χ3n) is 1.45. The number of H-pyrrole nitrogens is 1. The fourth-order valence-electron chi connectivity index (χ4n) is 0.920. The van der Waals surface area contributed by atoms with Crippen molar-refractivity contribution < 1.29 is 13.2 Å². The zero-order valence-electron chi connectivity index (χ0n) is 6.31. The number of hydrogen-bond donors (Lipinski definition) is 2. The zero-order chi connectivity index (χ0) is 9.19. The molecular formula is C6H8F3N3. The van der Waals surface area contributed by atoms with Crippen molar-refractivity contribution in [3.63, 3.8) is 0 Å². The van der Waals surface area contributed by atoms with Crippen LogP contribution in [-0.2, 0) is 0 Å². The molecule has 0 saturated carbocycles. The summed E-state index contributed by atoms with van der Waals surface area (Å²) in [7, 11) is 1.25. The smallest absolute Gasteiger partial charge is 0.347 e. The van der Waals surface area contributed by atoms with E-state index in [1.54, 1.807) is 0 Å². The van der Waals surface area contributed by atoms with E-state index < -0.39 is 12.2 Å². The van der Waals surface area contributed by atoms with Crippen LogP contribution in [0, 0.1) is 0 Å². The summed E-state index contributed by atoms with van der Waals surface area (Å²) in [6, 6.07) is -1.67. The predicted molar refractivity (Wildman–Crippen MR) is 36.4 cm³/mol. The Hall–Kier alpha value is -1.04. The topological polar surface area (TPSA) is 40.7 Å². The Morgan fingerprint density at radius 3 is 2.58 bits per heavy atom. The number of nitrogens with one attached hydrogen (secondary N) is 2. The van der Waals surface area contributed by atoms with Crippen LogP contribution in [0.1, 0.15) is 11.7 Å². The van der Waals surface area contributed by atoms with Crippen LogP contribution < -0.4 is 5.32 Å². The monoisotopic (exact) mass is 179 g/mol. The van der Waals surface area contributed by atoms with Gasteiger partial charge in [-0.25, -0.2) is 4.98 Å². The number of nitrogens with zero attached hydrogens (tertiary/aromatic N) is 1. The van der Waals surface area contributed by atoms with Crippen molar-refractivity contribution in [2.75, 3.05) is 7.05 Å². The molecule has 0 radical (unpaired) electrons. The normalized spacial score (nSPS) is 14.7. The lowest BCUT2D eigenvalue weighted by Gasteiger charge is -2.17. The van der Waals surface area contributed by atoms with E-state index in [1.807, 2.05) is 0 Å². The van der Waals surface area contributed by atoms with Crippen LogP contribution >= 0.6 is 0 Å². The molecule has 0 fully saturated rings. The summed E-state index contributed by atoms with van der Waals surface area (Å²) in [5, 5.41) is 2.15. The van der Waals surface area contributed by atoms with Gasteiger partial charge < -0.3 is 10.3 Å². The second-order valence-electron chi connectivity index (χ2n) is 2.27. The lowest BCUT2D eigenvalue weighted by molar-refractivity contribution is -0.157. The molecule has 0 bridgehead atoms. The van der Waals surface area contributed by atoms with Crippen LogP contribution in [0.15, 0.2) is 12.5 Å². The van der Waals surface area contributed by atoms with Crippen molar-refractivity contribution in [1.29, 1.82) is 0 Å². The van der Waals surface area contributed by atoms with E-state index in [0.717, 1.165) is 6.20 Å². The first-order valence-corrected chi connectivity index (χ1v) is 3.28. The lowest BCUT2D eigenvalue weighted by Crippen LogP contribution is -2.31. The number of imidazole rings is 1. The standard InChI is InChI=1S/C6H8F3N3/c1-10-5(6(7,8)9)4-2-11-3-12-4/h2-3,5,10H,1H3,(H,11,12). The molecule has 0 aromatic carbocycles. The average Bonchev–Trinajstić information content (AvgIpc) is 2.38. The third-order valence-corrected chi connectivity index (χ3v) is 1.45. The molecule has 0 spiro atoms. The quantitative estimate of drug-likeness (QED) is 0.716. The summed E-state index contributed by atoms with van der Waals surface area (Å²) in [5.41, 5.74) is 0.0185. The fourth-order valence-corrected chi connectivity index (χ4v) is 0.920. The largest absolute Gasteiger partial charge is 0.409 e. The Morgan fingerprint density at radius 1 is 1.58 bits per heavy atom. The SMILES string of the molecule is CNC(c1cnc[nH]1)C(F)(F)F. The highest BCUT2D eigenvalue weighted by Crippen LogP contribution is 2.30. The molecule has 2 N–H and O–H groups in total. The van der Waals surface area contributed by atoms with Crippen LogP contribution in [0.4, 0.5) is 13.2 Å². The van der Waals surface area contributed by atoms with Crippen molar-refractivity contribution in [1.82, 2.24) is 15.3 Å². The first kappa shape index (κ1) is 9.05. The van der Waals surface area contributed by atoms with E-state index in [4.69, 9.17) is 0 Å². The minimum atomic E-state index is -4.29. The average molecular weight is 179 g/mol. The third kappa shape index (κ3) is 1.76. The summed E-state index contributed by atoms with van der Waals surface area (Å²) >= 11 is 0. The molecule has 1 rings (SSSR count). The van der Waals surface area contributed by atoms with Gasteiger partial charge in [0.15, 0.2) is 0 Å². The van der Waals surface area contributed by atoms with Gasteiger partial charge in [-0.3, -0.25) is 0 Å². The number of aromatic amines is 1. The predicted octanol–water partition coefficient (Wildman–Crippen LogP) is 1.23. The van der Waals surface area contributed by atoms with Gasteiger partial charge in [-0.1, -0.05) is 0 Å². The van der Waals surface area contributed by atoms with E-state index in [9.17, 15) is 13.2 Å². The highest BCUT2D eigenvalue weighted by molar-refractivity contribution is 5.04. The van der Waals surface area contributed by atoms with E-state index in [2.05, 4.69) is 15.3 Å². The van der Waals surface area contributed by atoms with Crippen LogP contribution in [0.25, 0.3) is 0 Å². The summed E-state index contributed by atoms with van der Waals surface area (Å²) < 4.78 is 36.5. The number of hydrogen-bond acceptors (Lipinski definition) is 2. The molecule has 12 heavy (non-hydrogen) atoms. The molecule has 0 aliphatic carbocycles. The Kier molecular flexibility index (Phi) is 2.37. The molecule has 1 heterocycles. The minimum Gasteiger partial charge on any atom is -0.347 e. The summed E-state index contributed by atoms with van der Waals surface area (Å²) in [4.78, 5) is 5.91. The van der Waals surface area contributed by atoms with Crippen molar-refractivity contribution in [3.8, 4) is 0 Å². The molecule has 0 aliphatic heterocycles. The van der Waals surface area contributed by atoms with Crippen molar-refractivity contribution in [2.45, 2.75) is 12.2 Å². The summed E-state index contributed by atoms with van der Waals surface area (Å²) in [6.45, 7) is 0. The van der Waals surface area contributed by atoms with Gasteiger partial charge in [-0.2, -0.15) is 13.2 Å². The second kappa shape index (κ2) is 3.14. The van der Waals surface area contributed by atoms with Gasteiger partial charge in [0, 0.05) is 6.20 Å². The highest BCUT2D eigenvalue weighted by atomic mass is 19.4. The number of rotatable bonds is 2. The van der Waals surface area contributed by atoms with Gasteiger partial charge in [0.2, 0.25) is 0 Å². The van der Waals surface area contributed by atoms with Gasteiger partial charge in [0.25, 0.3) is 0 Å². The minimum absolute atomic E-state index is 0.0185. The summed E-state index contributed by atoms with van der Waals surface area (Å²) in [6.07, 6.45) is -1.93. The Balaban J connectivity index is 2.84. The summed E-state index contributed by atoms with van der Waals surface area (Å²) in [5.74, 6) is 0. The van der Waals surface area contributed by atoms with Gasteiger partial charge in [-0.05, 0) is 7.05 Å². The zero-order valence-corrected chi connectivity index (χ0v) is 6.31. The number of aromatic nitrogens is 2. The van der Waals surface area contributed by atoms with E-state index >= 15 is 0 Å². The molecule has 6 heteroatoms. The molecule has 0 amide bonds. The Morgan fingerprint density at radius 2 is 2.25 bits per heavy atom. The van der Waals surface area contributed by atoms with E-state index in [0.29, 0.717) is 0 Å². The maximum absolute atomic E-state index is 12.2. The van der Waals surface area contributed by atoms with Gasteiger partial charge in [0.05, 0.1) is 12.0 Å². The first-order valence-electron chi connectivity index (χ1n) is 3.28. The Bertz CT molecular complexity index is 229. The molecule has 1 unspecified atom stereocenters. The molecule has 1 atom stereocenters.